The summed E-state index contributed by atoms with van der Waals surface area (Å²) in [5.74, 6) is 0.385. The molecule has 1 unspecified atom stereocenters. The Balaban J connectivity index is 1.53. The largest absolute Gasteiger partial charge is 0.467 e. The summed E-state index contributed by atoms with van der Waals surface area (Å²) in [5, 5.41) is 0. The number of fused-ring (bicyclic) bond motifs is 2. The van der Waals surface area contributed by atoms with Gasteiger partial charge in [0.05, 0.1) is 12.8 Å². The highest BCUT2D eigenvalue weighted by Gasteiger charge is 2.43. The minimum atomic E-state index is 0.123. The number of nitrogen functional groups attached to an aromatic ring is 1. The normalized spacial score (nSPS) is 23.4. The Morgan fingerprint density at radius 1 is 1.21 bits per heavy atom. The molecule has 3 heterocycles. The number of rotatable bonds is 3. The molecule has 24 heavy (non-hydrogen) atoms. The summed E-state index contributed by atoms with van der Waals surface area (Å²) in [7, 11) is 1.58. The van der Waals surface area contributed by atoms with Gasteiger partial charge in [-0.05, 0) is 37.8 Å². The quantitative estimate of drug-likeness (QED) is 0.910. The van der Waals surface area contributed by atoms with E-state index in [-0.39, 0.29) is 5.41 Å². The molecule has 0 amide bonds. The van der Waals surface area contributed by atoms with Gasteiger partial charge < -0.3 is 10.5 Å². The summed E-state index contributed by atoms with van der Waals surface area (Å²) >= 11 is 0. The number of ether oxygens (including phenoxy) is 1. The fourth-order valence-corrected chi connectivity index (χ4v) is 4.10. The lowest BCUT2D eigenvalue weighted by molar-refractivity contribution is 0.136. The molecule has 1 saturated heterocycles. The second-order valence-electron chi connectivity index (χ2n) is 6.77. The van der Waals surface area contributed by atoms with E-state index < -0.39 is 0 Å². The molecule has 1 fully saturated rings. The number of likely N-dealkylation sites (tertiary alicyclic amines) is 1. The molecule has 0 aromatic carbocycles. The number of nitrogens with zero attached hydrogens (tertiary/aromatic N) is 5. The van der Waals surface area contributed by atoms with Gasteiger partial charge in [0.15, 0.2) is 0 Å². The highest BCUT2D eigenvalue weighted by molar-refractivity contribution is 5.37. The molecule has 0 radical (unpaired) electrons. The van der Waals surface area contributed by atoms with Gasteiger partial charge in [-0.25, -0.2) is 19.9 Å². The van der Waals surface area contributed by atoms with Gasteiger partial charge in [0, 0.05) is 42.7 Å². The maximum Gasteiger partial charge on any atom is 0.316 e. The highest BCUT2D eigenvalue weighted by atomic mass is 16.5. The first-order valence-electron chi connectivity index (χ1n) is 8.38. The topological polar surface area (TPSA) is 90.0 Å². The minimum absolute atomic E-state index is 0.123. The molecule has 126 valence electrons. The predicted octanol–water partition coefficient (Wildman–Crippen LogP) is 1.34. The third-order valence-corrected chi connectivity index (χ3v) is 5.18. The van der Waals surface area contributed by atoms with E-state index in [0.29, 0.717) is 12.0 Å². The molecular formula is C17H22N6O. The molecule has 2 N–H and O–H groups in total. The Labute approximate surface area is 141 Å². The summed E-state index contributed by atoms with van der Waals surface area (Å²) in [6.07, 6.45) is 10.1. The van der Waals surface area contributed by atoms with Crippen LogP contribution in [0.5, 0.6) is 6.01 Å². The standard InChI is InChI=1S/C17H22N6O/c1-24-16-20-7-12(8-21-16)10-23-6-2-4-17(11-23)5-3-13-9-19-15(18)22-14(13)17/h7-9H,2-6,10-11H2,1H3,(H2,18,19,22). The lowest BCUT2D eigenvalue weighted by Crippen LogP contribution is -2.45. The summed E-state index contributed by atoms with van der Waals surface area (Å²) < 4.78 is 5.02. The van der Waals surface area contributed by atoms with Crippen LogP contribution in [-0.4, -0.2) is 45.0 Å². The van der Waals surface area contributed by atoms with Crippen molar-refractivity contribution in [1.82, 2.24) is 24.8 Å². The highest BCUT2D eigenvalue weighted by Crippen LogP contribution is 2.44. The monoisotopic (exact) mass is 326 g/mol. The molecule has 1 atom stereocenters. The molecule has 2 aromatic rings. The minimum Gasteiger partial charge on any atom is -0.467 e. The molecular weight excluding hydrogens is 304 g/mol. The number of hydrogen-bond acceptors (Lipinski definition) is 7. The summed E-state index contributed by atoms with van der Waals surface area (Å²) in [6, 6.07) is 0.408. The Kier molecular flexibility index (Phi) is 3.80. The van der Waals surface area contributed by atoms with Gasteiger partial charge >= 0.3 is 6.01 Å². The maximum absolute atomic E-state index is 5.84. The van der Waals surface area contributed by atoms with E-state index in [1.54, 1.807) is 7.11 Å². The molecule has 0 saturated carbocycles. The Bertz CT molecular complexity index is 730. The number of aryl methyl sites for hydroxylation is 1. The van der Waals surface area contributed by atoms with Crippen molar-refractivity contribution >= 4 is 5.95 Å². The average Bonchev–Trinajstić information content (AvgIpc) is 2.93. The zero-order chi connectivity index (χ0) is 16.6. The number of methoxy groups -OCH3 is 1. The number of anilines is 1. The Morgan fingerprint density at radius 3 is 2.83 bits per heavy atom. The van der Waals surface area contributed by atoms with Crippen LogP contribution in [0.4, 0.5) is 5.95 Å². The third kappa shape index (κ3) is 2.69. The smallest absolute Gasteiger partial charge is 0.316 e. The lowest BCUT2D eigenvalue weighted by atomic mass is 9.77. The molecule has 2 aliphatic rings. The van der Waals surface area contributed by atoms with Crippen LogP contribution < -0.4 is 10.5 Å². The second-order valence-corrected chi connectivity index (χ2v) is 6.77. The second kappa shape index (κ2) is 5.98. The summed E-state index contributed by atoms with van der Waals surface area (Å²) in [6.45, 7) is 2.94. The number of piperidine rings is 1. The first kappa shape index (κ1) is 15.3. The van der Waals surface area contributed by atoms with Crippen LogP contribution in [0.2, 0.25) is 0 Å². The van der Waals surface area contributed by atoms with Gasteiger partial charge in [0.1, 0.15) is 0 Å². The van der Waals surface area contributed by atoms with Crippen LogP contribution in [-0.2, 0) is 18.4 Å². The van der Waals surface area contributed by atoms with Crippen molar-refractivity contribution in [1.29, 1.82) is 0 Å². The van der Waals surface area contributed by atoms with Crippen molar-refractivity contribution < 1.29 is 4.74 Å². The van der Waals surface area contributed by atoms with E-state index in [1.165, 1.54) is 24.1 Å². The van der Waals surface area contributed by atoms with E-state index in [2.05, 4.69) is 24.8 Å². The number of aromatic nitrogens is 4. The van der Waals surface area contributed by atoms with Gasteiger partial charge in [0.2, 0.25) is 5.95 Å². The van der Waals surface area contributed by atoms with Crippen molar-refractivity contribution in [2.45, 2.75) is 37.6 Å². The SMILES string of the molecule is COc1ncc(CN2CCCC3(CCc4cnc(N)nc43)C2)cn1. The molecule has 1 aliphatic carbocycles. The zero-order valence-electron chi connectivity index (χ0n) is 13.9. The van der Waals surface area contributed by atoms with E-state index in [0.717, 1.165) is 38.0 Å². The number of nitrogens with two attached hydrogens (primary N) is 1. The molecule has 1 aliphatic heterocycles. The van der Waals surface area contributed by atoms with E-state index >= 15 is 0 Å². The molecule has 7 heteroatoms. The van der Waals surface area contributed by atoms with Gasteiger partial charge in [-0.2, -0.15) is 0 Å². The fourth-order valence-electron chi connectivity index (χ4n) is 4.10. The number of hydrogen-bond donors (Lipinski definition) is 1. The Hall–Kier alpha value is -2.28. The first-order valence-corrected chi connectivity index (χ1v) is 8.38. The van der Waals surface area contributed by atoms with Gasteiger partial charge in [-0.15, -0.1) is 0 Å². The van der Waals surface area contributed by atoms with Gasteiger partial charge in [-0.3, -0.25) is 4.90 Å². The van der Waals surface area contributed by atoms with Crippen molar-refractivity contribution in [3.63, 3.8) is 0 Å². The molecule has 2 aromatic heterocycles. The van der Waals surface area contributed by atoms with Crippen molar-refractivity contribution in [3.05, 3.63) is 35.4 Å². The van der Waals surface area contributed by atoms with Crippen LogP contribution in [0.25, 0.3) is 0 Å². The van der Waals surface area contributed by atoms with Gasteiger partial charge in [0.25, 0.3) is 0 Å². The summed E-state index contributed by atoms with van der Waals surface area (Å²) in [4.78, 5) is 19.6. The molecule has 7 nitrogen and oxygen atoms in total. The van der Waals surface area contributed by atoms with Crippen LogP contribution in [0.15, 0.2) is 18.6 Å². The van der Waals surface area contributed by atoms with Crippen LogP contribution in [0.1, 0.15) is 36.1 Å². The van der Waals surface area contributed by atoms with E-state index in [1.807, 2.05) is 18.6 Å². The van der Waals surface area contributed by atoms with Crippen LogP contribution in [0.3, 0.4) is 0 Å². The lowest BCUT2D eigenvalue weighted by Gasteiger charge is -2.40. The molecule has 4 rings (SSSR count). The zero-order valence-corrected chi connectivity index (χ0v) is 13.9. The summed E-state index contributed by atoms with van der Waals surface area (Å²) in [5.41, 5.74) is 9.50. The van der Waals surface area contributed by atoms with E-state index in [4.69, 9.17) is 10.5 Å². The van der Waals surface area contributed by atoms with Crippen molar-refractivity contribution in [2.75, 3.05) is 25.9 Å². The average molecular weight is 326 g/mol. The first-order chi connectivity index (χ1) is 11.7. The van der Waals surface area contributed by atoms with Crippen molar-refractivity contribution in [3.8, 4) is 6.01 Å². The molecule has 0 bridgehead atoms. The Morgan fingerprint density at radius 2 is 2.04 bits per heavy atom. The van der Waals surface area contributed by atoms with E-state index in [9.17, 15) is 0 Å². The maximum atomic E-state index is 5.84. The van der Waals surface area contributed by atoms with Crippen LogP contribution >= 0.6 is 0 Å². The fraction of sp³-hybridized carbons (Fsp3) is 0.529. The predicted molar refractivity (Wildman–Crippen MR) is 89.5 cm³/mol. The van der Waals surface area contributed by atoms with Crippen molar-refractivity contribution in [2.24, 2.45) is 0 Å². The molecule has 1 spiro atoms. The van der Waals surface area contributed by atoms with Crippen LogP contribution in [0, 0.1) is 0 Å². The third-order valence-electron chi connectivity index (χ3n) is 5.18. The van der Waals surface area contributed by atoms with Gasteiger partial charge in [-0.1, -0.05) is 0 Å².